The van der Waals surface area contributed by atoms with E-state index in [1.165, 1.54) is 3.57 Å². The summed E-state index contributed by atoms with van der Waals surface area (Å²) in [5, 5.41) is 3.01. The van der Waals surface area contributed by atoms with Crippen LogP contribution in [0, 0.1) is 16.4 Å². The highest BCUT2D eigenvalue weighted by Gasteiger charge is 2.31. The smallest absolute Gasteiger partial charge is 0.224 e. The predicted molar refractivity (Wildman–Crippen MR) is 85.3 cm³/mol. The molecule has 1 N–H and O–H groups in total. The Labute approximate surface area is 128 Å². The molecule has 2 rings (SSSR count). The standard InChI is InChI=1S/C15H20INO2/c1-3-19-12-7-11(8-12)9-15(18)17-14-6-4-5-13(16)10(14)2/h4-6,11-12H,3,7-9H2,1-2H3,(H,17,18). The number of benzene rings is 1. The molecule has 1 saturated carbocycles. The van der Waals surface area contributed by atoms with E-state index in [1.807, 2.05) is 32.0 Å². The second-order valence-corrected chi connectivity index (χ2v) is 6.24. The van der Waals surface area contributed by atoms with E-state index >= 15 is 0 Å². The summed E-state index contributed by atoms with van der Waals surface area (Å²) in [7, 11) is 0. The van der Waals surface area contributed by atoms with Gasteiger partial charge in [0.25, 0.3) is 0 Å². The molecule has 1 fully saturated rings. The molecule has 104 valence electrons. The first-order chi connectivity index (χ1) is 9.10. The Morgan fingerprint density at radius 1 is 1.47 bits per heavy atom. The fourth-order valence-electron chi connectivity index (χ4n) is 2.42. The van der Waals surface area contributed by atoms with Gasteiger partial charge in [0.05, 0.1) is 6.10 Å². The Bertz CT molecular complexity index is 455. The van der Waals surface area contributed by atoms with Crippen molar-refractivity contribution in [3.05, 3.63) is 27.3 Å². The maximum atomic E-state index is 12.0. The van der Waals surface area contributed by atoms with Crippen LogP contribution in [0.1, 0.15) is 31.7 Å². The SMILES string of the molecule is CCOC1CC(CC(=O)Nc2cccc(I)c2C)C1. The summed E-state index contributed by atoms with van der Waals surface area (Å²) in [6, 6.07) is 5.97. The molecule has 0 atom stereocenters. The highest BCUT2D eigenvalue weighted by molar-refractivity contribution is 14.1. The molecule has 0 bridgehead atoms. The number of amides is 1. The van der Waals surface area contributed by atoms with Crippen LogP contribution in [0.3, 0.4) is 0 Å². The number of hydrogen-bond acceptors (Lipinski definition) is 2. The van der Waals surface area contributed by atoms with E-state index in [0.29, 0.717) is 18.4 Å². The minimum Gasteiger partial charge on any atom is -0.378 e. The summed E-state index contributed by atoms with van der Waals surface area (Å²) >= 11 is 2.28. The lowest BCUT2D eigenvalue weighted by molar-refractivity contribution is -0.119. The highest BCUT2D eigenvalue weighted by Crippen LogP contribution is 2.33. The molecular weight excluding hydrogens is 353 g/mol. The molecule has 3 nitrogen and oxygen atoms in total. The second kappa shape index (κ2) is 6.70. The Morgan fingerprint density at radius 2 is 2.21 bits per heavy atom. The van der Waals surface area contributed by atoms with E-state index in [1.54, 1.807) is 0 Å². The van der Waals surface area contributed by atoms with Gasteiger partial charge in [0, 0.05) is 22.3 Å². The zero-order chi connectivity index (χ0) is 13.8. The van der Waals surface area contributed by atoms with Gasteiger partial charge < -0.3 is 10.1 Å². The first kappa shape index (κ1) is 14.8. The summed E-state index contributed by atoms with van der Waals surface area (Å²) in [4.78, 5) is 12.0. The first-order valence-electron chi connectivity index (χ1n) is 6.76. The third-order valence-electron chi connectivity index (χ3n) is 3.61. The van der Waals surface area contributed by atoms with Gasteiger partial charge in [0.1, 0.15) is 0 Å². The van der Waals surface area contributed by atoms with Gasteiger partial charge in [-0.3, -0.25) is 4.79 Å². The summed E-state index contributed by atoms with van der Waals surface area (Å²) in [6.07, 6.45) is 3.02. The van der Waals surface area contributed by atoms with Crippen molar-refractivity contribution in [1.82, 2.24) is 0 Å². The van der Waals surface area contributed by atoms with Gasteiger partial charge >= 0.3 is 0 Å². The third-order valence-corrected chi connectivity index (χ3v) is 4.78. The van der Waals surface area contributed by atoms with Gasteiger partial charge in [-0.2, -0.15) is 0 Å². The maximum Gasteiger partial charge on any atom is 0.224 e. The van der Waals surface area contributed by atoms with E-state index in [2.05, 4.69) is 27.9 Å². The number of carbonyl (C=O) groups is 1. The monoisotopic (exact) mass is 373 g/mol. The van der Waals surface area contributed by atoms with Crippen molar-refractivity contribution in [1.29, 1.82) is 0 Å². The van der Waals surface area contributed by atoms with Crippen LogP contribution < -0.4 is 5.32 Å². The lowest BCUT2D eigenvalue weighted by atomic mass is 9.80. The third kappa shape index (κ3) is 3.92. The molecule has 1 amide bonds. The minimum absolute atomic E-state index is 0.116. The van der Waals surface area contributed by atoms with Crippen molar-refractivity contribution in [2.75, 3.05) is 11.9 Å². The zero-order valence-electron chi connectivity index (χ0n) is 11.4. The summed E-state index contributed by atoms with van der Waals surface area (Å²) in [5.41, 5.74) is 2.06. The summed E-state index contributed by atoms with van der Waals surface area (Å²) in [5.74, 6) is 0.602. The van der Waals surface area contributed by atoms with Crippen LogP contribution >= 0.6 is 22.6 Å². The lowest BCUT2D eigenvalue weighted by Gasteiger charge is -2.34. The number of anilines is 1. The maximum absolute atomic E-state index is 12.0. The van der Waals surface area contributed by atoms with E-state index in [4.69, 9.17) is 4.74 Å². The first-order valence-corrected chi connectivity index (χ1v) is 7.84. The van der Waals surface area contributed by atoms with E-state index < -0.39 is 0 Å². The van der Waals surface area contributed by atoms with E-state index in [-0.39, 0.29) is 5.91 Å². The van der Waals surface area contributed by atoms with Crippen molar-refractivity contribution < 1.29 is 9.53 Å². The lowest BCUT2D eigenvalue weighted by Crippen LogP contribution is -2.33. The molecule has 0 spiro atoms. The molecule has 0 aromatic heterocycles. The van der Waals surface area contributed by atoms with Gasteiger partial charge in [0.2, 0.25) is 5.91 Å². The quantitative estimate of drug-likeness (QED) is 0.799. The Balaban J connectivity index is 1.81. The molecule has 4 heteroatoms. The van der Waals surface area contributed by atoms with Crippen molar-refractivity contribution in [3.63, 3.8) is 0 Å². The summed E-state index contributed by atoms with van der Waals surface area (Å²) in [6.45, 7) is 4.82. The molecule has 0 heterocycles. The molecule has 1 aliphatic rings. The molecule has 1 aliphatic carbocycles. The number of ether oxygens (including phenoxy) is 1. The number of nitrogens with one attached hydrogen (secondary N) is 1. The number of rotatable bonds is 5. The molecule has 0 radical (unpaired) electrons. The van der Waals surface area contributed by atoms with Crippen molar-refractivity contribution in [3.8, 4) is 0 Å². The topological polar surface area (TPSA) is 38.3 Å². The van der Waals surface area contributed by atoms with Crippen LogP contribution in [0.5, 0.6) is 0 Å². The fourth-order valence-corrected chi connectivity index (χ4v) is 2.92. The largest absolute Gasteiger partial charge is 0.378 e. The van der Waals surface area contributed by atoms with Crippen LogP contribution in [0.25, 0.3) is 0 Å². The van der Waals surface area contributed by atoms with Gasteiger partial charge in [0.15, 0.2) is 0 Å². The molecule has 0 saturated heterocycles. The number of carbonyl (C=O) groups excluding carboxylic acids is 1. The number of halogens is 1. The van der Waals surface area contributed by atoms with Crippen molar-refractivity contribution in [2.24, 2.45) is 5.92 Å². The predicted octanol–water partition coefficient (Wildman–Crippen LogP) is 3.74. The van der Waals surface area contributed by atoms with E-state index in [0.717, 1.165) is 30.7 Å². The van der Waals surface area contributed by atoms with Crippen molar-refractivity contribution >= 4 is 34.2 Å². The van der Waals surface area contributed by atoms with Gasteiger partial charge in [-0.15, -0.1) is 0 Å². The molecule has 0 unspecified atom stereocenters. The zero-order valence-corrected chi connectivity index (χ0v) is 13.6. The molecule has 19 heavy (non-hydrogen) atoms. The fraction of sp³-hybridized carbons (Fsp3) is 0.533. The number of hydrogen-bond donors (Lipinski definition) is 1. The summed E-state index contributed by atoms with van der Waals surface area (Å²) < 4.78 is 6.69. The van der Waals surface area contributed by atoms with Gasteiger partial charge in [-0.1, -0.05) is 6.07 Å². The molecule has 1 aromatic carbocycles. The van der Waals surface area contributed by atoms with Crippen LogP contribution in [-0.2, 0) is 9.53 Å². The highest BCUT2D eigenvalue weighted by atomic mass is 127. The average Bonchev–Trinajstić information content (AvgIpc) is 2.32. The molecule has 1 aromatic rings. The Kier molecular flexibility index (Phi) is 5.21. The Morgan fingerprint density at radius 3 is 2.89 bits per heavy atom. The molecule has 0 aliphatic heterocycles. The van der Waals surface area contributed by atoms with Crippen LogP contribution in [-0.4, -0.2) is 18.6 Å². The molecular formula is C15H20INO2. The minimum atomic E-state index is 0.116. The average molecular weight is 373 g/mol. The van der Waals surface area contributed by atoms with E-state index in [9.17, 15) is 4.79 Å². The van der Waals surface area contributed by atoms with Crippen molar-refractivity contribution in [2.45, 2.75) is 39.2 Å². The van der Waals surface area contributed by atoms with Gasteiger partial charge in [-0.25, -0.2) is 0 Å². The van der Waals surface area contributed by atoms with Crippen LogP contribution in [0.2, 0.25) is 0 Å². The second-order valence-electron chi connectivity index (χ2n) is 5.08. The van der Waals surface area contributed by atoms with Crippen LogP contribution in [0.15, 0.2) is 18.2 Å². The van der Waals surface area contributed by atoms with Crippen LogP contribution in [0.4, 0.5) is 5.69 Å². The normalized spacial score (nSPS) is 21.8. The van der Waals surface area contributed by atoms with Gasteiger partial charge in [-0.05, 0) is 72.9 Å². The Hall–Kier alpha value is -0.620.